The van der Waals surface area contributed by atoms with Gasteiger partial charge in [0.25, 0.3) is 0 Å². The van der Waals surface area contributed by atoms with Gasteiger partial charge in [0.1, 0.15) is 0 Å². The van der Waals surface area contributed by atoms with E-state index >= 15 is 0 Å². The van der Waals surface area contributed by atoms with Crippen molar-refractivity contribution < 1.29 is 35.1 Å². The number of pyridine rings is 1. The number of alkyl halides is 2. The van der Waals surface area contributed by atoms with E-state index in [0.29, 0.717) is 33.3 Å². The van der Waals surface area contributed by atoms with Crippen LogP contribution in [-0.4, -0.2) is 40.5 Å². The molecule has 0 saturated carbocycles. The van der Waals surface area contributed by atoms with Crippen molar-refractivity contribution in [3.8, 4) is 17.0 Å². The van der Waals surface area contributed by atoms with Crippen LogP contribution in [0.5, 0.6) is 5.75 Å². The Morgan fingerprint density at radius 3 is 2.97 bits per heavy atom. The Labute approximate surface area is 208 Å². The number of benzene rings is 1. The van der Waals surface area contributed by atoms with Crippen LogP contribution < -0.4 is 41.9 Å². The number of halogens is 2. The number of hydrogen-bond acceptors (Lipinski definition) is 5. The molecule has 0 radical (unpaired) electrons. The number of para-hydroxylation sites is 1. The summed E-state index contributed by atoms with van der Waals surface area (Å²) in [5.74, 6) is 0.163. The number of rotatable bonds is 3. The number of aromatic nitrogens is 2. The van der Waals surface area contributed by atoms with Crippen molar-refractivity contribution in [1.29, 1.82) is 0 Å². The van der Waals surface area contributed by atoms with Gasteiger partial charge in [0, 0.05) is 0 Å². The second kappa shape index (κ2) is 9.81. The molecule has 0 spiro atoms. The van der Waals surface area contributed by atoms with E-state index in [0.717, 1.165) is 35.6 Å². The van der Waals surface area contributed by atoms with Crippen molar-refractivity contribution in [3.63, 3.8) is 0 Å². The summed E-state index contributed by atoms with van der Waals surface area (Å²) in [5.41, 5.74) is 5.27. The molecule has 4 heterocycles. The molecule has 2 aliphatic heterocycles. The molecule has 5 rings (SSSR count). The zero-order chi connectivity index (χ0) is 23.7. The number of hydrogen-bond donors (Lipinski definition) is 4. The second-order valence-corrected chi connectivity index (χ2v) is 12.1. The van der Waals surface area contributed by atoms with Crippen LogP contribution in [0, 0.1) is 11.7 Å². The van der Waals surface area contributed by atoms with Gasteiger partial charge in [0.15, 0.2) is 0 Å². The molecule has 34 heavy (non-hydrogen) atoms. The fourth-order valence-corrected chi connectivity index (χ4v) is 8.12. The fourth-order valence-electron chi connectivity index (χ4n) is 4.50. The first-order valence-electron chi connectivity index (χ1n) is 11.5. The number of fused-ring (bicyclic) bond motifs is 3. The second-order valence-electron chi connectivity index (χ2n) is 8.66. The van der Waals surface area contributed by atoms with Crippen molar-refractivity contribution in [2.75, 3.05) is 35.3 Å². The van der Waals surface area contributed by atoms with Gasteiger partial charge in [-0.3, -0.25) is 0 Å². The molecule has 9 heteroatoms. The summed E-state index contributed by atoms with van der Waals surface area (Å²) in [6, 6.07) is 6.68. The van der Waals surface area contributed by atoms with E-state index in [4.69, 9.17) is 4.74 Å². The third-order valence-corrected chi connectivity index (χ3v) is 9.75. The first-order chi connectivity index (χ1) is 16.6. The molecule has 0 fully saturated rings. The molecule has 7 nitrogen and oxygen atoms in total. The van der Waals surface area contributed by atoms with E-state index < -0.39 is 5.82 Å². The number of H-pyrrole nitrogens is 1. The third kappa shape index (κ3) is 4.33. The van der Waals surface area contributed by atoms with Crippen molar-refractivity contribution in [1.82, 2.24) is 15.3 Å². The average Bonchev–Trinajstić information content (AvgIpc) is 3.21. The van der Waals surface area contributed by atoms with Gasteiger partial charge in [-0.05, 0) is 0 Å². The maximum absolute atomic E-state index is 14.5. The molecule has 1 aromatic carbocycles. The van der Waals surface area contributed by atoms with Crippen LogP contribution in [0.1, 0.15) is 39.7 Å². The maximum atomic E-state index is 14.5. The molecule has 2 aliphatic rings. The van der Waals surface area contributed by atoms with Crippen LogP contribution in [0.2, 0.25) is 0 Å². The van der Waals surface area contributed by atoms with Gasteiger partial charge in [-0.25, -0.2) is 0 Å². The van der Waals surface area contributed by atoms with Crippen LogP contribution in [0.4, 0.5) is 21.5 Å². The standard InChI is InChI=1S/C25H28FIN5O2/c1-14-6-9-27-17-12-30-25(33)20-22(17)32-21(15-8-10-28-13-19(15)29-11-7-14)23(20)31-18-5-3-4-16(26)24(18)34-2/h3-5,8,10,13-14,17,29,31-32H,6-7,9,11-12H2,1-2H3,(H,30,33)/q-1. The molecule has 4 N–H and O–H groups in total. The molecule has 3 aromatic rings. The van der Waals surface area contributed by atoms with Crippen LogP contribution >= 0.6 is 0 Å². The Bertz CT molecular complexity index is 1210. The van der Waals surface area contributed by atoms with Crippen molar-refractivity contribution in [2.24, 2.45) is 5.92 Å². The van der Waals surface area contributed by atoms with E-state index in [1.165, 1.54) is 24.0 Å². The van der Waals surface area contributed by atoms with Gasteiger partial charge in [-0.2, -0.15) is 0 Å². The van der Waals surface area contributed by atoms with Crippen molar-refractivity contribution >= 4 is 23.0 Å². The summed E-state index contributed by atoms with van der Waals surface area (Å²) in [6.45, 7) is 3.81. The molecule has 2 aromatic heterocycles. The number of nitrogens with one attached hydrogen (secondary N) is 4. The SMILES string of the molecule is COc1c(F)cccc1Nc1c2[nH]c3c1C(=O)NCC3[I-]CCC(C)CCNc1cnccc1-2. The number of ether oxygens (including phenoxy) is 1. The van der Waals surface area contributed by atoms with Gasteiger partial charge >= 0.3 is 209 Å². The molecule has 2 atom stereocenters. The van der Waals surface area contributed by atoms with Crippen LogP contribution in [0.25, 0.3) is 11.3 Å². The van der Waals surface area contributed by atoms with Gasteiger partial charge in [0.2, 0.25) is 0 Å². The molecule has 0 aliphatic carbocycles. The molecular weight excluding hydrogens is 548 g/mol. The minimum absolute atomic E-state index is 0.111. The minimum atomic E-state index is -0.464. The van der Waals surface area contributed by atoms with Gasteiger partial charge < -0.3 is 0 Å². The number of carbonyl (C=O) groups is 1. The molecule has 2 bridgehead atoms. The number of aromatic amines is 1. The molecule has 2 unspecified atom stereocenters. The van der Waals surface area contributed by atoms with Crippen LogP contribution in [0.15, 0.2) is 36.7 Å². The van der Waals surface area contributed by atoms with E-state index in [2.05, 4.69) is 32.8 Å². The Hall–Kier alpha value is -2.82. The van der Waals surface area contributed by atoms with Gasteiger partial charge in [-0.15, -0.1) is 0 Å². The zero-order valence-electron chi connectivity index (χ0n) is 19.2. The third-order valence-electron chi connectivity index (χ3n) is 6.38. The first-order valence-corrected chi connectivity index (χ1v) is 14.2. The Kier molecular flexibility index (Phi) is 6.62. The van der Waals surface area contributed by atoms with Crippen LogP contribution in [0.3, 0.4) is 0 Å². The number of methoxy groups -OCH3 is 1. The summed E-state index contributed by atoms with van der Waals surface area (Å²) in [6.07, 6.45) is 5.84. The van der Waals surface area contributed by atoms with E-state index in [1.807, 2.05) is 12.3 Å². The van der Waals surface area contributed by atoms with Crippen molar-refractivity contribution in [2.45, 2.75) is 23.7 Å². The monoisotopic (exact) mass is 576 g/mol. The predicted molar refractivity (Wildman–Crippen MR) is 127 cm³/mol. The summed E-state index contributed by atoms with van der Waals surface area (Å²) in [5, 5.41) is 9.98. The number of carbonyl (C=O) groups excluding carboxylic acids is 1. The zero-order valence-corrected chi connectivity index (χ0v) is 21.3. The predicted octanol–water partition coefficient (Wildman–Crippen LogP) is 1.68. The number of anilines is 3. The van der Waals surface area contributed by atoms with Crippen molar-refractivity contribution in [3.05, 3.63) is 53.7 Å². The number of nitrogens with zero attached hydrogens (tertiary/aromatic N) is 1. The normalized spacial score (nSPS) is 20.3. The van der Waals surface area contributed by atoms with E-state index in [1.54, 1.807) is 18.3 Å². The van der Waals surface area contributed by atoms with E-state index in [-0.39, 0.29) is 32.9 Å². The quantitative estimate of drug-likeness (QED) is 0.282. The fraction of sp³-hybridized carbons (Fsp3) is 0.360. The molecule has 1 amide bonds. The summed E-state index contributed by atoms with van der Waals surface area (Å²) in [4.78, 5) is 21.1. The average molecular weight is 576 g/mol. The van der Waals surface area contributed by atoms with Gasteiger partial charge in [-0.1, -0.05) is 0 Å². The van der Waals surface area contributed by atoms with Crippen LogP contribution in [-0.2, 0) is 0 Å². The van der Waals surface area contributed by atoms with Gasteiger partial charge in [0.05, 0.1) is 0 Å². The Balaban J connectivity index is 1.70. The summed E-state index contributed by atoms with van der Waals surface area (Å²) >= 11 is -0.169. The summed E-state index contributed by atoms with van der Waals surface area (Å²) in [7, 11) is 1.44. The first kappa shape index (κ1) is 22.9. The van der Waals surface area contributed by atoms with E-state index in [9.17, 15) is 9.18 Å². The molecular formula is C25H28FIN5O2-. The Morgan fingerprint density at radius 2 is 2.12 bits per heavy atom. The Morgan fingerprint density at radius 1 is 1.24 bits per heavy atom. The summed E-state index contributed by atoms with van der Waals surface area (Å²) < 4.78 is 21.3. The topological polar surface area (TPSA) is 91.1 Å². The molecule has 0 saturated heterocycles. The number of amides is 1. The molecule has 180 valence electrons.